The van der Waals surface area contributed by atoms with Crippen LogP contribution in [0.5, 0.6) is 0 Å². The summed E-state index contributed by atoms with van der Waals surface area (Å²) in [7, 11) is 1.90. The van der Waals surface area contributed by atoms with Crippen molar-refractivity contribution in [2.75, 3.05) is 17.7 Å². The number of pyridine rings is 1. The number of carbonyl (C=O) groups excluding carboxylic acids is 2. The molecule has 2 aromatic carbocycles. The summed E-state index contributed by atoms with van der Waals surface area (Å²) in [6.45, 7) is 0. The number of H-pyrrole nitrogens is 1. The number of rotatable bonds is 5. The van der Waals surface area contributed by atoms with Gasteiger partial charge >= 0.3 is 0 Å². The Morgan fingerprint density at radius 1 is 1.08 bits per heavy atom. The number of anilines is 2. The van der Waals surface area contributed by atoms with Crippen molar-refractivity contribution in [3.8, 4) is 11.4 Å². The van der Waals surface area contributed by atoms with Crippen LogP contribution in [-0.2, 0) is 4.79 Å². The molecule has 2 aromatic heterocycles. The van der Waals surface area contributed by atoms with E-state index in [0.29, 0.717) is 12.1 Å². The molecule has 3 aliphatic carbocycles. The van der Waals surface area contributed by atoms with Crippen LogP contribution in [0.1, 0.15) is 48.9 Å². The van der Waals surface area contributed by atoms with Gasteiger partial charge in [-0.15, -0.1) is 0 Å². The van der Waals surface area contributed by atoms with Gasteiger partial charge in [-0.05, 0) is 73.4 Å². The molecule has 8 heteroatoms. The normalized spacial score (nSPS) is 24.6. The molecule has 2 atom stereocenters. The fourth-order valence-electron chi connectivity index (χ4n) is 7.01. The Hall–Kier alpha value is -4.07. The van der Waals surface area contributed by atoms with Crippen molar-refractivity contribution >= 4 is 34.7 Å². The zero-order valence-electron chi connectivity index (χ0n) is 21.9. The predicted molar refractivity (Wildman–Crippen MR) is 150 cm³/mol. The van der Waals surface area contributed by atoms with E-state index in [9.17, 15) is 14.0 Å². The molecule has 0 spiro atoms. The third-order valence-corrected chi connectivity index (χ3v) is 8.86. The van der Waals surface area contributed by atoms with Crippen LogP contribution in [0, 0.1) is 29.0 Å². The molecular weight excluding hydrogens is 493 g/mol. The largest absolute Gasteiger partial charge is 0.388 e. The Labute approximate surface area is 226 Å². The Balaban J connectivity index is 0.000000263. The third-order valence-electron chi connectivity index (χ3n) is 8.86. The number of nitrogens with one attached hydrogen (secondary N) is 3. The van der Waals surface area contributed by atoms with Crippen molar-refractivity contribution in [3.05, 3.63) is 72.2 Å². The van der Waals surface area contributed by atoms with Crippen LogP contribution < -0.4 is 10.6 Å². The number of benzene rings is 2. The van der Waals surface area contributed by atoms with Crippen LogP contribution in [0.2, 0.25) is 0 Å². The maximum atomic E-state index is 13.3. The molecule has 7 nitrogen and oxygen atoms in total. The van der Waals surface area contributed by atoms with Gasteiger partial charge in [-0.25, -0.2) is 14.4 Å². The summed E-state index contributed by atoms with van der Waals surface area (Å²) in [4.78, 5) is 35.8. The van der Waals surface area contributed by atoms with Crippen LogP contribution in [-0.4, -0.2) is 34.2 Å². The third kappa shape index (κ3) is 4.80. The predicted octanol–water partition coefficient (Wildman–Crippen LogP) is 6.46. The number of aldehydes is 1. The number of nitrogens with zero attached hydrogens (tertiary/aromatic N) is 2. The van der Waals surface area contributed by atoms with Gasteiger partial charge in [0.25, 0.3) is 0 Å². The van der Waals surface area contributed by atoms with E-state index in [0.717, 1.165) is 65.1 Å². The van der Waals surface area contributed by atoms with E-state index in [1.807, 2.05) is 37.4 Å². The second-order valence-electron chi connectivity index (χ2n) is 11.1. The number of carbonyl (C=O) groups is 2. The van der Waals surface area contributed by atoms with Crippen LogP contribution in [0.25, 0.3) is 22.4 Å². The van der Waals surface area contributed by atoms with Crippen molar-refractivity contribution in [2.45, 2.75) is 38.5 Å². The average molecular weight is 526 g/mol. The molecule has 0 saturated heterocycles. The van der Waals surface area contributed by atoms with E-state index in [1.165, 1.54) is 31.4 Å². The van der Waals surface area contributed by atoms with E-state index >= 15 is 0 Å². The maximum absolute atomic E-state index is 13.3. The molecule has 4 aromatic rings. The zero-order chi connectivity index (χ0) is 27.0. The second-order valence-corrected chi connectivity index (χ2v) is 11.1. The van der Waals surface area contributed by atoms with Crippen LogP contribution >= 0.6 is 0 Å². The number of amides is 1. The minimum Gasteiger partial charge on any atom is -0.388 e. The van der Waals surface area contributed by atoms with Crippen molar-refractivity contribution in [2.24, 2.45) is 23.2 Å². The van der Waals surface area contributed by atoms with E-state index in [1.54, 1.807) is 18.3 Å². The van der Waals surface area contributed by atoms with Gasteiger partial charge in [0, 0.05) is 24.4 Å². The maximum Gasteiger partial charge on any atom is 0.231 e. The summed E-state index contributed by atoms with van der Waals surface area (Å²) in [6, 6.07) is 15.9. The van der Waals surface area contributed by atoms with Gasteiger partial charge in [-0.1, -0.05) is 31.4 Å². The molecule has 2 unspecified atom stereocenters. The fraction of sp³-hybridized carbons (Fsp3) is 0.355. The highest BCUT2D eigenvalue weighted by molar-refractivity contribution is 5.96. The Morgan fingerprint density at radius 2 is 1.82 bits per heavy atom. The standard InChI is InChI=1S/C24H27N5O.C7H5FO/c1-25-17-7-5-14(6-8-17)22-27-19-9-21(26-13-20(19)28-22)29-23(30)24-10-15-3-2-4-16(11-24)18(15)12-24;8-7-4-2-1-3-6(7)5-9/h5-9,13,15-16,18,25H,2-4,10-12H2,1H3,(H,27,28)(H,26,29,30);1-5H. The first-order valence-corrected chi connectivity index (χ1v) is 13.6. The summed E-state index contributed by atoms with van der Waals surface area (Å²) in [5.74, 6) is 3.42. The summed E-state index contributed by atoms with van der Waals surface area (Å²) in [6.07, 6.45) is 9.44. The lowest BCUT2D eigenvalue weighted by Gasteiger charge is -2.37. The molecule has 3 aliphatic rings. The van der Waals surface area contributed by atoms with Crippen LogP contribution in [0.3, 0.4) is 0 Å². The lowest BCUT2D eigenvalue weighted by atomic mass is 9.68. The minimum absolute atomic E-state index is 0.109. The molecule has 1 amide bonds. The quantitative estimate of drug-likeness (QED) is 0.260. The van der Waals surface area contributed by atoms with E-state index in [4.69, 9.17) is 4.98 Å². The van der Waals surface area contributed by atoms with Crippen molar-refractivity contribution in [3.63, 3.8) is 0 Å². The second kappa shape index (κ2) is 10.2. The van der Waals surface area contributed by atoms with Gasteiger partial charge in [0.1, 0.15) is 17.5 Å². The minimum atomic E-state index is -0.465. The molecule has 3 saturated carbocycles. The van der Waals surface area contributed by atoms with Crippen molar-refractivity contribution < 1.29 is 14.0 Å². The molecule has 39 heavy (non-hydrogen) atoms. The topological polar surface area (TPSA) is 99.8 Å². The lowest BCUT2D eigenvalue weighted by molar-refractivity contribution is -0.126. The van der Waals surface area contributed by atoms with E-state index in [-0.39, 0.29) is 16.9 Å². The lowest BCUT2D eigenvalue weighted by Crippen LogP contribution is -2.36. The summed E-state index contributed by atoms with van der Waals surface area (Å²) >= 11 is 0. The molecule has 2 bridgehead atoms. The number of aromatic amines is 1. The zero-order valence-corrected chi connectivity index (χ0v) is 21.9. The molecule has 2 heterocycles. The van der Waals surface area contributed by atoms with Gasteiger partial charge in [0.2, 0.25) is 5.91 Å². The van der Waals surface area contributed by atoms with Gasteiger partial charge in [-0.3, -0.25) is 9.59 Å². The first-order valence-electron chi connectivity index (χ1n) is 13.6. The van der Waals surface area contributed by atoms with Crippen LogP contribution in [0.15, 0.2) is 60.8 Å². The summed E-state index contributed by atoms with van der Waals surface area (Å²) in [5.41, 5.74) is 3.71. The highest BCUT2D eigenvalue weighted by Crippen LogP contribution is 2.64. The molecule has 0 aliphatic heterocycles. The number of hydrogen-bond acceptors (Lipinski definition) is 5. The highest BCUT2D eigenvalue weighted by atomic mass is 19.1. The number of imidazole rings is 1. The first kappa shape index (κ1) is 25.2. The average Bonchev–Trinajstić information content (AvgIpc) is 3.66. The molecular formula is C31H32FN5O2. The molecule has 0 radical (unpaired) electrons. The fourth-order valence-corrected chi connectivity index (χ4v) is 7.01. The molecule has 3 N–H and O–H groups in total. The summed E-state index contributed by atoms with van der Waals surface area (Å²) in [5, 5.41) is 6.26. The van der Waals surface area contributed by atoms with Gasteiger partial charge in [0.15, 0.2) is 6.29 Å². The number of halogens is 1. The van der Waals surface area contributed by atoms with Crippen molar-refractivity contribution in [1.29, 1.82) is 0 Å². The summed E-state index contributed by atoms with van der Waals surface area (Å²) < 4.78 is 12.4. The molecule has 7 rings (SSSR count). The smallest absolute Gasteiger partial charge is 0.231 e. The van der Waals surface area contributed by atoms with E-state index in [2.05, 4.69) is 20.6 Å². The Morgan fingerprint density at radius 3 is 2.46 bits per heavy atom. The van der Waals surface area contributed by atoms with Crippen LogP contribution in [0.4, 0.5) is 15.9 Å². The van der Waals surface area contributed by atoms with Gasteiger partial charge in [0.05, 0.1) is 28.2 Å². The van der Waals surface area contributed by atoms with Crippen molar-refractivity contribution in [1.82, 2.24) is 15.0 Å². The molecule has 200 valence electrons. The first-order chi connectivity index (χ1) is 19.0. The monoisotopic (exact) mass is 525 g/mol. The van der Waals surface area contributed by atoms with E-state index < -0.39 is 5.82 Å². The Bertz CT molecular complexity index is 1500. The van der Waals surface area contributed by atoms with Gasteiger partial charge < -0.3 is 15.6 Å². The highest BCUT2D eigenvalue weighted by Gasteiger charge is 2.59. The SMILES string of the molecule is CNc1ccc(-c2nc3cc(NC(=O)C45CC6CCCC(C4)C6C5)ncc3[nH]2)cc1.O=Cc1ccccc1F. The number of hydrogen-bond donors (Lipinski definition) is 3. The number of fused-ring (bicyclic) bond motifs is 2. The van der Waals surface area contributed by atoms with Gasteiger partial charge in [-0.2, -0.15) is 0 Å². The molecule has 3 fully saturated rings. The number of aromatic nitrogens is 3. The Kier molecular flexibility index (Phi) is 6.62.